The van der Waals surface area contributed by atoms with Gasteiger partial charge in [-0.2, -0.15) is 0 Å². The number of nitrogens with one attached hydrogen (secondary N) is 2. The molecule has 0 bridgehead atoms. The van der Waals surface area contributed by atoms with Crippen molar-refractivity contribution in [2.45, 2.75) is 49.9 Å². The van der Waals surface area contributed by atoms with Crippen molar-refractivity contribution < 1.29 is 19.1 Å². The summed E-state index contributed by atoms with van der Waals surface area (Å²) in [6, 6.07) is 12.4. The number of nitrogens with two attached hydrogens (primary N) is 3. The van der Waals surface area contributed by atoms with Crippen molar-refractivity contribution in [2.24, 2.45) is 11.5 Å². The first-order valence-corrected chi connectivity index (χ1v) is 14.8. The Balaban J connectivity index is 1.37. The summed E-state index contributed by atoms with van der Waals surface area (Å²) < 4.78 is 6.62. The number of nitrogen functional groups attached to an aromatic ring is 1. The topological polar surface area (TPSA) is 175 Å². The van der Waals surface area contributed by atoms with Crippen LogP contribution in [0.2, 0.25) is 0 Å². The molecule has 8 N–H and O–H groups in total. The zero-order valence-electron chi connectivity index (χ0n) is 23.6. The highest BCUT2D eigenvalue weighted by Gasteiger charge is 2.49. The van der Waals surface area contributed by atoms with E-state index in [1.54, 1.807) is 48.7 Å². The van der Waals surface area contributed by atoms with Gasteiger partial charge in [-0.05, 0) is 73.7 Å². The number of amides is 2. The van der Waals surface area contributed by atoms with Crippen molar-refractivity contribution in [2.75, 3.05) is 5.73 Å². The SMILES string of the molecule is C=CC(=O)N[C@H]1CCC[C@H]1NC(=O)c1sc2c(N)ccc3c2c1C(N)C(=O)C3(N)c1ccc(Oc2cccnc2C)cc1. The number of aryl methyl sites for hydroxylation is 1. The zero-order chi connectivity index (χ0) is 30.5. The molecule has 2 aliphatic carbocycles. The second-order valence-corrected chi connectivity index (χ2v) is 12.0. The molecule has 11 heteroatoms. The number of rotatable bonds is 7. The van der Waals surface area contributed by atoms with E-state index in [4.69, 9.17) is 21.9 Å². The number of aromatic nitrogens is 1. The van der Waals surface area contributed by atoms with Gasteiger partial charge in [-0.15, -0.1) is 11.3 Å². The van der Waals surface area contributed by atoms with Gasteiger partial charge in [-0.25, -0.2) is 0 Å². The minimum absolute atomic E-state index is 0.221. The summed E-state index contributed by atoms with van der Waals surface area (Å²) >= 11 is 1.19. The molecular weight excluding hydrogens is 564 g/mol. The Morgan fingerprint density at radius 1 is 1.12 bits per heavy atom. The Hall–Kier alpha value is -4.58. The Bertz CT molecular complexity index is 1780. The number of carbonyl (C=O) groups is 3. The molecule has 10 nitrogen and oxygen atoms in total. The predicted molar refractivity (Wildman–Crippen MR) is 166 cm³/mol. The van der Waals surface area contributed by atoms with Gasteiger partial charge in [-0.3, -0.25) is 19.4 Å². The van der Waals surface area contributed by atoms with E-state index in [-0.39, 0.29) is 23.9 Å². The number of anilines is 1. The predicted octanol–water partition coefficient (Wildman–Crippen LogP) is 3.72. The van der Waals surface area contributed by atoms with E-state index in [2.05, 4.69) is 22.2 Å². The molecule has 43 heavy (non-hydrogen) atoms. The van der Waals surface area contributed by atoms with Gasteiger partial charge in [0.1, 0.15) is 17.0 Å². The lowest BCUT2D eigenvalue weighted by molar-refractivity contribution is -0.124. The second-order valence-electron chi connectivity index (χ2n) is 10.9. The monoisotopic (exact) mass is 596 g/mol. The van der Waals surface area contributed by atoms with Gasteiger partial charge in [-0.1, -0.05) is 24.8 Å². The number of hydrogen-bond acceptors (Lipinski definition) is 9. The Morgan fingerprint density at radius 3 is 2.53 bits per heavy atom. The summed E-state index contributed by atoms with van der Waals surface area (Å²) in [5.74, 6) is 0.0790. The van der Waals surface area contributed by atoms with E-state index in [1.807, 2.05) is 13.0 Å². The average molecular weight is 597 g/mol. The highest BCUT2D eigenvalue weighted by atomic mass is 32.1. The van der Waals surface area contributed by atoms with Crippen LogP contribution < -0.4 is 32.6 Å². The number of Topliss-reactive ketones (excluding diaryl/α,β-unsaturated/α-hetero) is 1. The van der Waals surface area contributed by atoms with E-state index in [1.165, 1.54) is 17.4 Å². The molecule has 1 saturated carbocycles. The maximum Gasteiger partial charge on any atom is 0.262 e. The Kier molecular flexibility index (Phi) is 7.25. The molecule has 4 aromatic rings. The summed E-state index contributed by atoms with van der Waals surface area (Å²) in [5.41, 5.74) is 21.1. The van der Waals surface area contributed by atoms with E-state index >= 15 is 0 Å². The van der Waals surface area contributed by atoms with Crippen LogP contribution in [-0.4, -0.2) is 34.7 Å². The van der Waals surface area contributed by atoms with Crippen LogP contribution in [0.5, 0.6) is 11.5 Å². The van der Waals surface area contributed by atoms with Gasteiger partial charge < -0.3 is 32.6 Å². The number of ether oxygens (including phenoxy) is 1. The number of nitrogens with zero attached hydrogens (tertiary/aromatic N) is 1. The van der Waals surface area contributed by atoms with Crippen molar-refractivity contribution in [1.29, 1.82) is 0 Å². The van der Waals surface area contributed by atoms with Crippen LogP contribution in [0.25, 0.3) is 10.1 Å². The van der Waals surface area contributed by atoms with E-state index in [9.17, 15) is 14.4 Å². The fraction of sp³-hybridized carbons (Fsp3) is 0.250. The fourth-order valence-corrected chi connectivity index (χ4v) is 7.32. The smallest absolute Gasteiger partial charge is 0.262 e. The van der Waals surface area contributed by atoms with E-state index < -0.39 is 17.4 Å². The largest absolute Gasteiger partial charge is 0.455 e. The summed E-state index contributed by atoms with van der Waals surface area (Å²) in [5, 5.41) is 6.57. The van der Waals surface area contributed by atoms with E-state index in [0.717, 1.165) is 18.5 Å². The molecule has 2 unspecified atom stereocenters. The Labute approximate surface area is 252 Å². The van der Waals surface area contributed by atoms with Crippen molar-refractivity contribution in [3.8, 4) is 11.5 Å². The van der Waals surface area contributed by atoms with Crippen molar-refractivity contribution >= 4 is 44.7 Å². The van der Waals surface area contributed by atoms with Gasteiger partial charge in [0, 0.05) is 34.9 Å². The summed E-state index contributed by atoms with van der Waals surface area (Å²) in [6.07, 6.45) is 5.20. The van der Waals surface area contributed by atoms with Gasteiger partial charge in [0.25, 0.3) is 5.91 Å². The lowest BCUT2D eigenvalue weighted by Crippen LogP contribution is -2.52. The van der Waals surface area contributed by atoms with E-state index in [0.29, 0.717) is 55.3 Å². The Morgan fingerprint density at radius 2 is 1.84 bits per heavy atom. The third-order valence-electron chi connectivity index (χ3n) is 8.36. The second kappa shape index (κ2) is 10.9. The first kappa shape index (κ1) is 28.5. The molecule has 2 heterocycles. The minimum atomic E-state index is -1.58. The van der Waals surface area contributed by atoms with Gasteiger partial charge in [0.2, 0.25) is 5.91 Å². The first-order chi connectivity index (χ1) is 20.6. The third-order valence-corrected chi connectivity index (χ3v) is 9.61. The molecule has 0 spiro atoms. The van der Waals surface area contributed by atoms with Crippen LogP contribution in [0.3, 0.4) is 0 Å². The molecule has 0 saturated heterocycles. The van der Waals surface area contributed by atoms with Crippen LogP contribution in [0, 0.1) is 6.92 Å². The molecule has 0 aliphatic heterocycles. The highest BCUT2D eigenvalue weighted by molar-refractivity contribution is 7.21. The lowest BCUT2D eigenvalue weighted by atomic mass is 9.70. The van der Waals surface area contributed by atoms with Crippen LogP contribution in [-0.2, 0) is 15.1 Å². The summed E-state index contributed by atoms with van der Waals surface area (Å²) in [6.45, 7) is 5.36. The van der Waals surface area contributed by atoms with Crippen LogP contribution in [0.1, 0.15) is 57.4 Å². The normalized spacial score (nSPS) is 22.8. The van der Waals surface area contributed by atoms with Crippen molar-refractivity contribution in [3.05, 3.63) is 94.6 Å². The maximum absolute atomic E-state index is 14.1. The molecule has 6 rings (SSSR count). The van der Waals surface area contributed by atoms with Gasteiger partial charge in [0.05, 0.1) is 21.3 Å². The molecule has 2 aliphatic rings. The number of benzene rings is 2. The molecule has 0 radical (unpaired) electrons. The van der Waals surface area contributed by atoms with Crippen LogP contribution >= 0.6 is 11.3 Å². The van der Waals surface area contributed by atoms with Gasteiger partial charge in [0.15, 0.2) is 5.78 Å². The van der Waals surface area contributed by atoms with Crippen LogP contribution in [0.15, 0.2) is 67.4 Å². The van der Waals surface area contributed by atoms with Gasteiger partial charge >= 0.3 is 0 Å². The summed E-state index contributed by atoms with van der Waals surface area (Å²) in [4.78, 5) is 44.2. The molecule has 2 aromatic carbocycles. The molecule has 220 valence electrons. The standard InChI is InChI=1S/C32H32N6O4S/c1-3-24(39)37-21-6-4-7-22(21)38-31(41)29-26-25-19(13-14-20(33)28(25)43-29)32(35,30(40)27(26)34)17-9-11-18(12-10-17)42-23-8-5-15-36-16(23)2/h3,5,8-15,21-22,27H,1,4,6-7,33-35H2,2H3,(H,37,39)(H,38,41)/t21-,22+,27?,32?/m0/s1. The molecule has 2 aromatic heterocycles. The van der Waals surface area contributed by atoms with Crippen molar-refractivity contribution in [1.82, 2.24) is 15.6 Å². The third kappa shape index (κ3) is 4.75. The zero-order valence-corrected chi connectivity index (χ0v) is 24.4. The molecular formula is C32H32N6O4S. The first-order valence-electron chi connectivity index (χ1n) is 14.0. The summed E-state index contributed by atoms with van der Waals surface area (Å²) in [7, 11) is 0. The number of thiophene rings is 1. The molecule has 2 amide bonds. The highest BCUT2D eigenvalue weighted by Crippen LogP contribution is 2.49. The molecule has 1 fully saturated rings. The minimum Gasteiger partial charge on any atom is -0.455 e. The number of carbonyl (C=O) groups excluding carboxylic acids is 3. The molecule has 4 atom stereocenters. The quantitative estimate of drug-likeness (QED) is 0.158. The maximum atomic E-state index is 14.1. The fourth-order valence-electron chi connectivity index (χ4n) is 6.12. The lowest BCUT2D eigenvalue weighted by Gasteiger charge is -2.36. The average Bonchev–Trinajstić information content (AvgIpc) is 3.62. The van der Waals surface area contributed by atoms with Crippen LogP contribution in [0.4, 0.5) is 5.69 Å². The number of ketones is 1. The number of hydrogen-bond donors (Lipinski definition) is 5. The van der Waals surface area contributed by atoms with Crippen molar-refractivity contribution in [3.63, 3.8) is 0 Å². The number of pyridine rings is 1.